The van der Waals surface area contributed by atoms with Crippen molar-refractivity contribution in [2.24, 2.45) is 5.10 Å². The molecule has 0 aliphatic carbocycles. The van der Waals surface area contributed by atoms with Crippen LogP contribution < -0.4 is 5.32 Å². The van der Waals surface area contributed by atoms with Crippen molar-refractivity contribution in [2.45, 2.75) is 36.7 Å². The second-order valence-corrected chi connectivity index (χ2v) is 5.64. The van der Waals surface area contributed by atoms with E-state index in [0.717, 1.165) is 24.6 Å². The summed E-state index contributed by atoms with van der Waals surface area (Å²) in [6.07, 6.45) is 5.49. The number of hydrazone groups is 1. The van der Waals surface area contributed by atoms with Crippen molar-refractivity contribution in [1.82, 2.24) is 10.3 Å². The van der Waals surface area contributed by atoms with E-state index in [2.05, 4.69) is 42.3 Å². The highest BCUT2D eigenvalue weighted by Crippen LogP contribution is 2.14. The molecule has 4 nitrogen and oxygen atoms in total. The lowest BCUT2D eigenvalue weighted by atomic mass is 10.2. The van der Waals surface area contributed by atoms with Gasteiger partial charge >= 0.3 is 0 Å². The van der Waals surface area contributed by atoms with Gasteiger partial charge in [0.15, 0.2) is 0 Å². The third-order valence-electron chi connectivity index (χ3n) is 2.44. The van der Waals surface area contributed by atoms with Crippen molar-refractivity contribution in [2.75, 3.05) is 12.4 Å². The largest absolute Gasteiger partial charge is 0.333 e. The van der Waals surface area contributed by atoms with Gasteiger partial charge in [-0.1, -0.05) is 38.3 Å². The molecular weight excluding hydrogens is 338 g/mol. The van der Waals surface area contributed by atoms with E-state index >= 15 is 0 Å². The summed E-state index contributed by atoms with van der Waals surface area (Å²) in [6.45, 7) is 0. The van der Waals surface area contributed by atoms with Gasteiger partial charge in [0.05, 0.1) is 4.83 Å². The summed E-state index contributed by atoms with van der Waals surface area (Å²) in [6, 6.07) is 0. The molecule has 1 amide bonds. The van der Waals surface area contributed by atoms with E-state index in [1.165, 1.54) is 0 Å². The molecule has 2 unspecified atom stereocenters. The Bertz CT molecular complexity index is 248. The zero-order valence-corrected chi connectivity index (χ0v) is 12.5. The van der Waals surface area contributed by atoms with Gasteiger partial charge in [0, 0.05) is 25.0 Å². The molecule has 0 saturated carbocycles. The highest BCUT2D eigenvalue weighted by Gasteiger charge is 2.27. The first-order valence-corrected chi connectivity index (χ1v) is 7.45. The quantitative estimate of drug-likeness (QED) is 0.586. The molecular formula is C10H17Br2N3O. The van der Waals surface area contributed by atoms with E-state index in [0.29, 0.717) is 6.42 Å². The van der Waals surface area contributed by atoms with Crippen molar-refractivity contribution in [3.63, 3.8) is 0 Å². The zero-order chi connectivity index (χ0) is 12.0. The van der Waals surface area contributed by atoms with Crippen LogP contribution in [0.1, 0.15) is 25.7 Å². The minimum absolute atomic E-state index is 0.0522. The smallest absolute Gasteiger partial charge is 0.221 e. The van der Waals surface area contributed by atoms with Crippen molar-refractivity contribution in [1.29, 1.82) is 0 Å². The van der Waals surface area contributed by atoms with Crippen LogP contribution in [0.15, 0.2) is 5.10 Å². The second kappa shape index (κ2) is 7.27. The zero-order valence-electron chi connectivity index (χ0n) is 9.33. The molecule has 0 fully saturated rings. The maximum absolute atomic E-state index is 11.6. The predicted molar refractivity (Wildman–Crippen MR) is 73.2 cm³/mol. The van der Waals surface area contributed by atoms with Gasteiger partial charge in [0.25, 0.3) is 0 Å². The molecule has 1 heterocycles. The van der Waals surface area contributed by atoms with Crippen LogP contribution in [0.4, 0.5) is 0 Å². The van der Waals surface area contributed by atoms with Gasteiger partial charge in [-0.05, 0) is 12.8 Å². The molecule has 92 valence electrons. The van der Waals surface area contributed by atoms with Gasteiger partial charge in [-0.15, -0.1) is 0 Å². The average molecular weight is 355 g/mol. The lowest BCUT2D eigenvalue weighted by molar-refractivity contribution is -0.122. The lowest BCUT2D eigenvalue weighted by Crippen LogP contribution is -2.46. The van der Waals surface area contributed by atoms with Gasteiger partial charge in [-0.3, -0.25) is 9.80 Å². The highest BCUT2D eigenvalue weighted by molar-refractivity contribution is 9.10. The van der Waals surface area contributed by atoms with Crippen molar-refractivity contribution in [3.8, 4) is 0 Å². The normalized spacial score (nSPS) is 23.8. The van der Waals surface area contributed by atoms with Gasteiger partial charge in [-0.2, -0.15) is 5.10 Å². The second-order valence-electron chi connectivity index (χ2n) is 3.79. The fourth-order valence-electron chi connectivity index (χ4n) is 1.50. The molecule has 0 radical (unpaired) electrons. The number of alkyl halides is 2. The third kappa shape index (κ3) is 4.41. The summed E-state index contributed by atoms with van der Waals surface area (Å²) in [5.41, 5.74) is 0. The molecule has 0 bridgehead atoms. The van der Waals surface area contributed by atoms with Gasteiger partial charge in [0.2, 0.25) is 5.91 Å². The van der Waals surface area contributed by atoms with Crippen LogP contribution in [0.2, 0.25) is 0 Å². The molecule has 0 aromatic carbocycles. The number of carbonyl (C=O) groups excluding carboxylic acids is 1. The van der Waals surface area contributed by atoms with Crippen molar-refractivity contribution in [3.05, 3.63) is 0 Å². The van der Waals surface area contributed by atoms with Crippen LogP contribution in [0, 0.1) is 0 Å². The molecule has 16 heavy (non-hydrogen) atoms. The molecule has 2 atom stereocenters. The Morgan fingerprint density at radius 3 is 2.81 bits per heavy atom. The maximum atomic E-state index is 11.6. The summed E-state index contributed by atoms with van der Waals surface area (Å²) in [5.74, 6) is 0.0985. The van der Waals surface area contributed by atoms with Crippen molar-refractivity contribution < 1.29 is 4.79 Å². The summed E-state index contributed by atoms with van der Waals surface area (Å²) < 4.78 is 0. The number of nitrogens with one attached hydrogen (secondary N) is 1. The first-order chi connectivity index (χ1) is 7.65. The minimum Gasteiger partial charge on any atom is -0.333 e. The Balaban J connectivity index is 2.19. The Kier molecular flexibility index (Phi) is 6.34. The number of carbonyl (C=O) groups is 1. The first kappa shape index (κ1) is 14.0. The average Bonchev–Trinajstić information content (AvgIpc) is 2.56. The van der Waals surface area contributed by atoms with Crippen LogP contribution in [0.25, 0.3) is 0 Å². The van der Waals surface area contributed by atoms with Crippen LogP contribution in [-0.4, -0.2) is 40.5 Å². The van der Waals surface area contributed by atoms with E-state index in [1.54, 1.807) is 11.2 Å². The van der Waals surface area contributed by atoms with Crippen LogP contribution in [0.5, 0.6) is 0 Å². The number of rotatable bonds is 6. The number of amides is 1. The fourth-order valence-corrected chi connectivity index (χ4v) is 2.47. The van der Waals surface area contributed by atoms with Crippen LogP contribution in [0.3, 0.4) is 0 Å². The molecule has 6 heteroatoms. The summed E-state index contributed by atoms with van der Waals surface area (Å²) >= 11 is 6.83. The monoisotopic (exact) mass is 353 g/mol. The van der Waals surface area contributed by atoms with E-state index < -0.39 is 0 Å². The third-order valence-corrected chi connectivity index (χ3v) is 3.74. The van der Waals surface area contributed by atoms with E-state index in [-0.39, 0.29) is 16.9 Å². The molecule has 1 aliphatic rings. The molecule has 1 aliphatic heterocycles. The summed E-state index contributed by atoms with van der Waals surface area (Å²) in [4.78, 5) is 11.7. The minimum atomic E-state index is -0.0522. The Morgan fingerprint density at radius 1 is 1.50 bits per heavy atom. The molecule has 1 N–H and O–H groups in total. The Labute approximate surface area is 113 Å². The fraction of sp³-hybridized carbons (Fsp3) is 0.800. The number of hydrogen-bond donors (Lipinski definition) is 1. The predicted octanol–water partition coefficient (Wildman–Crippen LogP) is 2.08. The number of nitrogens with zero attached hydrogens (tertiary/aromatic N) is 2. The molecule has 0 aromatic heterocycles. The molecule has 1 rings (SSSR count). The van der Waals surface area contributed by atoms with Gasteiger partial charge in [0.1, 0.15) is 6.17 Å². The maximum Gasteiger partial charge on any atom is 0.221 e. The number of halogens is 2. The lowest BCUT2D eigenvalue weighted by Gasteiger charge is -2.22. The van der Waals surface area contributed by atoms with Crippen LogP contribution in [-0.2, 0) is 4.79 Å². The van der Waals surface area contributed by atoms with Gasteiger partial charge < -0.3 is 5.32 Å². The first-order valence-electron chi connectivity index (χ1n) is 5.41. The highest BCUT2D eigenvalue weighted by atomic mass is 79.9. The summed E-state index contributed by atoms with van der Waals surface area (Å²) in [5, 5.41) is 9.83. The van der Waals surface area contributed by atoms with E-state index in [1.807, 2.05) is 7.05 Å². The van der Waals surface area contributed by atoms with Crippen LogP contribution >= 0.6 is 31.9 Å². The molecule has 0 saturated heterocycles. The SMILES string of the molecule is CN1N=CC(Br)C1NC(=O)CCCCCBr. The van der Waals surface area contributed by atoms with E-state index in [9.17, 15) is 4.79 Å². The standard InChI is InChI=1S/C10H17Br2N3O/c1-15-10(8(12)7-13-15)14-9(16)5-3-2-4-6-11/h7-8,10H,2-6H2,1H3,(H,14,16). The number of unbranched alkanes of at least 4 members (excludes halogenated alkanes) is 2. The molecule has 0 spiro atoms. The van der Waals surface area contributed by atoms with Crippen molar-refractivity contribution >= 4 is 44.0 Å². The molecule has 0 aromatic rings. The Hall–Kier alpha value is -0.100. The van der Waals surface area contributed by atoms with Gasteiger partial charge in [-0.25, -0.2) is 0 Å². The summed E-state index contributed by atoms with van der Waals surface area (Å²) in [7, 11) is 1.85. The Morgan fingerprint density at radius 2 is 2.25 bits per heavy atom. The topological polar surface area (TPSA) is 44.7 Å². The number of hydrogen-bond acceptors (Lipinski definition) is 3. The van der Waals surface area contributed by atoms with E-state index in [4.69, 9.17) is 0 Å².